The maximum Gasteiger partial charge on any atom is 0.240 e. The van der Waals surface area contributed by atoms with Gasteiger partial charge in [-0.05, 0) is 38.0 Å². The van der Waals surface area contributed by atoms with Gasteiger partial charge in [0.1, 0.15) is 0 Å². The van der Waals surface area contributed by atoms with E-state index in [-0.39, 0.29) is 10.4 Å². The standard InChI is InChI=1S/C14H23N3O3S/c1-3-16-21(18,19)11-5-6-12(15)13(9-11)17-14(2)7-4-8-20-10-14/h5-6,9,16-17H,3-4,7-8,10,15H2,1-2H3. The Morgan fingerprint density at radius 1 is 1.43 bits per heavy atom. The molecule has 21 heavy (non-hydrogen) atoms. The molecule has 1 saturated heterocycles. The van der Waals surface area contributed by atoms with Crippen molar-refractivity contribution < 1.29 is 13.2 Å². The van der Waals surface area contributed by atoms with Gasteiger partial charge < -0.3 is 15.8 Å². The highest BCUT2D eigenvalue weighted by Gasteiger charge is 2.28. The van der Waals surface area contributed by atoms with Gasteiger partial charge in [0.15, 0.2) is 0 Å². The van der Waals surface area contributed by atoms with E-state index in [1.54, 1.807) is 19.1 Å². The molecule has 1 aromatic rings. The molecule has 0 bridgehead atoms. The molecule has 1 atom stereocenters. The summed E-state index contributed by atoms with van der Waals surface area (Å²) in [6, 6.07) is 4.70. The Morgan fingerprint density at radius 2 is 2.19 bits per heavy atom. The second-order valence-electron chi connectivity index (χ2n) is 5.59. The van der Waals surface area contributed by atoms with E-state index in [1.807, 2.05) is 0 Å². The number of nitrogen functional groups attached to an aromatic ring is 1. The summed E-state index contributed by atoms with van der Waals surface area (Å²) in [4.78, 5) is 0.210. The molecule has 0 saturated carbocycles. The number of nitrogens with two attached hydrogens (primary N) is 1. The summed E-state index contributed by atoms with van der Waals surface area (Å²) in [5.74, 6) is 0. The van der Waals surface area contributed by atoms with Crippen molar-refractivity contribution in [3.05, 3.63) is 18.2 Å². The van der Waals surface area contributed by atoms with Crippen LogP contribution in [0.2, 0.25) is 0 Å². The molecule has 1 aromatic carbocycles. The number of hydrogen-bond donors (Lipinski definition) is 3. The molecular formula is C14H23N3O3S. The molecule has 0 amide bonds. The largest absolute Gasteiger partial charge is 0.397 e. The molecule has 7 heteroatoms. The van der Waals surface area contributed by atoms with E-state index in [0.29, 0.717) is 24.5 Å². The number of hydrogen-bond acceptors (Lipinski definition) is 5. The normalized spacial score (nSPS) is 23.0. The Morgan fingerprint density at radius 3 is 2.81 bits per heavy atom. The van der Waals surface area contributed by atoms with Gasteiger partial charge in [-0.2, -0.15) is 0 Å². The molecular weight excluding hydrogens is 290 g/mol. The van der Waals surface area contributed by atoms with Crippen molar-refractivity contribution >= 4 is 21.4 Å². The SMILES string of the molecule is CCNS(=O)(=O)c1ccc(N)c(NC2(C)CCCOC2)c1. The Kier molecular flexibility index (Phi) is 4.75. The van der Waals surface area contributed by atoms with Gasteiger partial charge >= 0.3 is 0 Å². The molecule has 6 nitrogen and oxygen atoms in total. The molecule has 4 N–H and O–H groups in total. The fourth-order valence-electron chi connectivity index (χ4n) is 2.44. The molecule has 118 valence electrons. The first kappa shape index (κ1) is 16.1. The van der Waals surface area contributed by atoms with Gasteiger partial charge in [-0.1, -0.05) is 6.92 Å². The average Bonchev–Trinajstić information content (AvgIpc) is 2.41. The third-order valence-electron chi connectivity index (χ3n) is 3.54. The number of ether oxygens (including phenoxy) is 1. The van der Waals surface area contributed by atoms with Gasteiger partial charge in [-0.3, -0.25) is 0 Å². The zero-order valence-electron chi connectivity index (χ0n) is 12.5. The van der Waals surface area contributed by atoms with E-state index < -0.39 is 10.0 Å². The van der Waals surface area contributed by atoms with Gasteiger partial charge in [0, 0.05) is 13.2 Å². The van der Waals surface area contributed by atoms with Crippen molar-refractivity contribution in [1.82, 2.24) is 4.72 Å². The van der Waals surface area contributed by atoms with E-state index in [0.717, 1.165) is 19.4 Å². The summed E-state index contributed by atoms with van der Waals surface area (Å²) in [6.07, 6.45) is 1.93. The van der Waals surface area contributed by atoms with Gasteiger partial charge in [0.05, 0.1) is 28.4 Å². The lowest BCUT2D eigenvalue weighted by Gasteiger charge is -2.35. The number of sulfonamides is 1. The first-order chi connectivity index (χ1) is 9.86. The van der Waals surface area contributed by atoms with Gasteiger partial charge in [0.25, 0.3) is 0 Å². The lowest BCUT2D eigenvalue weighted by molar-refractivity contribution is 0.0540. The zero-order chi connectivity index (χ0) is 15.5. The van der Waals surface area contributed by atoms with Crippen molar-refractivity contribution in [3.63, 3.8) is 0 Å². The summed E-state index contributed by atoms with van der Waals surface area (Å²) in [6.45, 7) is 5.49. The third-order valence-corrected chi connectivity index (χ3v) is 5.09. The maximum absolute atomic E-state index is 12.1. The minimum Gasteiger partial charge on any atom is -0.397 e. The first-order valence-electron chi connectivity index (χ1n) is 7.11. The topological polar surface area (TPSA) is 93.5 Å². The van der Waals surface area contributed by atoms with Crippen LogP contribution in [0.3, 0.4) is 0 Å². The van der Waals surface area contributed by atoms with Crippen LogP contribution in [0.25, 0.3) is 0 Å². The van der Waals surface area contributed by atoms with Crippen molar-refractivity contribution in [1.29, 1.82) is 0 Å². The minimum atomic E-state index is -3.49. The second kappa shape index (κ2) is 6.21. The molecule has 2 rings (SSSR count). The molecule has 1 unspecified atom stereocenters. The van der Waals surface area contributed by atoms with Crippen LogP contribution < -0.4 is 15.8 Å². The molecule has 0 radical (unpaired) electrons. The number of benzene rings is 1. The van der Waals surface area contributed by atoms with Crippen LogP contribution in [0.5, 0.6) is 0 Å². The summed E-state index contributed by atoms with van der Waals surface area (Å²) >= 11 is 0. The molecule has 1 aliphatic rings. The Balaban J connectivity index is 2.27. The third kappa shape index (κ3) is 3.87. The zero-order valence-corrected chi connectivity index (χ0v) is 13.3. The summed E-state index contributed by atoms with van der Waals surface area (Å²) in [7, 11) is -3.49. The highest BCUT2D eigenvalue weighted by molar-refractivity contribution is 7.89. The Bertz CT molecular complexity index is 595. The van der Waals surface area contributed by atoms with Crippen molar-refractivity contribution in [2.45, 2.75) is 37.1 Å². The monoisotopic (exact) mass is 313 g/mol. The van der Waals surface area contributed by atoms with Crippen LogP contribution >= 0.6 is 0 Å². The molecule has 1 aliphatic heterocycles. The molecule has 1 fully saturated rings. The van der Waals surface area contributed by atoms with Crippen LogP contribution in [0.4, 0.5) is 11.4 Å². The van der Waals surface area contributed by atoms with Crippen molar-refractivity contribution in [2.75, 3.05) is 30.8 Å². The summed E-state index contributed by atoms with van der Waals surface area (Å²) in [5, 5.41) is 3.34. The smallest absolute Gasteiger partial charge is 0.240 e. The number of rotatable bonds is 5. The number of nitrogens with one attached hydrogen (secondary N) is 2. The quantitative estimate of drug-likeness (QED) is 0.717. The number of anilines is 2. The fraction of sp³-hybridized carbons (Fsp3) is 0.571. The van der Waals surface area contributed by atoms with Crippen LogP contribution in [-0.2, 0) is 14.8 Å². The van der Waals surface area contributed by atoms with Gasteiger partial charge in [0.2, 0.25) is 10.0 Å². The molecule has 1 heterocycles. The van der Waals surface area contributed by atoms with Crippen LogP contribution in [0.15, 0.2) is 23.1 Å². The van der Waals surface area contributed by atoms with Crippen molar-refractivity contribution in [3.8, 4) is 0 Å². The summed E-state index contributed by atoms with van der Waals surface area (Å²) < 4.78 is 32.1. The average molecular weight is 313 g/mol. The lowest BCUT2D eigenvalue weighted by atomic mass is 9.94. The predicted molar refractivity (Wildman–Crippen MR) is 83.8 cm³/mol. The molecule has 0 aromatic heterocycles. The van der Waals surface area contributed by atoms with Crippen molar-refractivity contribution in [2.24, 2.45) is 0 Å². The second-order valence-corrected chi connectivity index (χ2v) is 7.36. The minimum absolute atomic E-state index is 0.210. The highest BCUT2D eigenvalue weighted by Crippen LogP contribution is 2.29. The van der Waals surface area contributed by atoms with Gasteiger partial charge in [-0.25, -0.2) is 13.1 Å². The van der Waals surface area contributed by atoms with E-state index in [1.165, 1.54) is 6.07 Å². The van der Waals surface area contributed by atoms with E-state index in [2.05, 4.69) is 17.0 Å². The molecule has 0 spiro atoms. The van der Waals surface area contributed by atoms with Crippen LogP contribution in [0, 0.1) is 0 Å². The van der Waals surface area contributed by atoms with E-state index in [9.17, 15) is 8.42 Å². The van der Waals surface area contributed by atoms with E-state index >= 15 is 0 Å². The highest BCUT2D eigenvalue weighted by atomic mass is 32.2. The maximum atomic E-state index is 12.1. The summed E-state index contributed by atoms with van der Waals surface area (Å²) in [5.41, 5.74) is 6.89. The predicted octanol–water partition coefficient (Wildman–Crippen LogP) is 1.55. The lowest BCUT2D eigenvalue weighted by Crippen LogP contribution is -2.43. The molecule has 0 aliphatic carbocycles. The Labute approximate surface area is 126 Å². The fourth-order valence-corrected chi connectivity index (χ4v) is 3.51. The first-order valence-corrected chi connectivity index (χ1v) is 8.60. The van der Waals surface area contributed by atoms with Crippen LogP contribution in [0.1, 0.15) is 26.7 Å². The van der Waals surface area contributed by atoms with Crippen LogP contribution in [-0.4, -0.2) is 33.7 Å². The Hall–Kier alpha value is -1.31. The van der Waals surface area contributed by atoms with Gasteiger partial charge in [-0.15, -0.1) is 0 Å². The van der Waals surface area contributed by atoms with E-state index in [4.69, 9.17) is 10.5 Å².